The van der Waals surface area contributed by atoms with E-state index in [9.17, 15) is 14.0 Å². The van der Waals surface area contributed by atoms with Crippen LogP contribution in [0.25, 0.3) is 11.3 Å². The Hall–Kier alpha value is -3.39. The zero-order chi connectivity index (χ0) is 21.4. The number of nitrogens with zero attached hydrogens (tertiary/aromatic N) is 2. The van der Waals surface area contributed by atoms with Gasteiger partial charge in [0.25, 0.3) is 0 Å². The second-order valence-electron chi connectivity index (χ2n) is 6.88. The standard InChI is InChI=1S/C21H18ClFN4O3/c1-11-19(12-3-5-13(23)6-4-12)26-27-17(10-18(28)25-20(11)27)21(29)24-16-9-14(30-2)7-8-15(16)22/h3-9,17H,10H2,1-2H3,(H,24,29)(H,25,28)/t17-/m0/s1. The van der Waals surface area contributed by atoms with Gasteiger partial charge in [0.2, 0.25) is 11.8 Å². The molecule has 154 valence electrons. The van der Waals surface area contributed by atoms with Crippen LogP contribution < -0.4 is 15.4 Å². The molecule has 2 heterocycles. The molecule has 1 atom stereocenters. The number of hydrogen-bond donors (Lipinski definition) is 2. The van der Waals surface area contributed by atoms with E-state index in [1.165, 1.54) is 23.9 Å². The Balaban J connectivity index is 1.69. The molecule has 4 rings (SSSR count). The van der Waals surface area contributed by atoms with Gasteiger partial charge in [-0.05, 0) is 43.3 Å². The van der Waals surface area contributed by atoms with Crippen molar-refractivity contribution in [1.29, 1.82) is 0 Å². The summed E-state index contributed by atoms with van der Waals surface area (Å²) in [7, 11) is 1.51. The molecule has 30 heavy (non-hydrogen) atoms. The van der Waals surface area contributed by atoms with Gasteiger partial charge in [-0.25, -0.2) is 9.07 Å². The predicted molar refractivity (Wildman–Crippen MR) is 111 cm³/mol. The molecule has 2 amide bonds. The van der Waals surface area contributed by atoms with Gasteiger partial charge >= 0.3 is 0 Å². The minimum absolute atomic E-state index is 0.0790. The van der Waals surface area contributed by atoms with Crippen LogP contribution >= 0.6 is 11.6 Å². The van der Waals surface area contributed by atoms with Crippen molar-refractivity contribution in [2.24, 2.45) is 0 Å². The summed E-state index contributed by atoms with van der Waals surface area (Å²) in [5.74, 6) is -0.128. The van der Waals surface area contributed by atoms with Crippen LogP contribution in [0.2, 0.25) is 5.02 Å². The fourth-order valence-electron chi connectivity index (χ4n) is 3.37. The summed E-state index contributed by atoms with van der Waals surface area (Å²) in [4.78, 5) is 25.3. The summed E-state index contributed by atoms with van der Waals surface area (Å²) in [5, 5.41) is 10.4. The number of amides is 2. The van der Waals surface area contributed by atoms with Crippen molar-refractivity contribution in [3.63, 3.8) is 0 Å². The molecule has 1 aliphatic heterocycles. The number of ether oxygens (including phenoxy) is 1. The van der Waals surface area contributed by atoms with Crippen molar-refractivity contribution in [2.75, 3.05) is 17.7 Å². The summed E-state index contributed by atoms with van der Waals surface area (Å²) in [6, 6.07) is 9.89. The molecular formula is C21H18ClFN4O3. The van der Waals surface area contributed by atoms with Gasteiger partial charge < -0.3 is 15.4 Å². The van der Waals surface area contributed by atoms with Crippen LogP contribution in [0.5, 0.6) is 5.75 Å². The average Bonchev–Trinajstić information content (AvgIpc) is 3.06. The Kier molecular flexibility index (Phi) is 5.17. The number of rotatable bonds is 4. The maximum absolute atomic E-state index is 13.3. The van der Waals surface area contributed by atoms with E-state index in [0.29, 0.717) is 39.1 Å². The number of nitrogens with one attached hydrogen (secondary N) is 2. The highest BCUT2D eigenvalue weighted by Crippen LogP contribution is 2.35. The van der Waals surface area contributed by atoms with Crippen LogP contribution in [0.1, 0.15) is 18.0 Å². The Bertz CT molecular complexity index is 1140. The average molecular weight is 429 g/mol. The quantitative estimate of drug-likeness (QED) is 0.652. The largest absolute Gasteiger partial charge is 0.497 e. The van der Waals surface area contributed by atoms with Crippen LogP contribution in [0, 0.1) is 12.7 Å². The topological polar surface area (TPSA) is 85.2 Å². The van der Waals surface area contributed by atoms with Crippen LogP contribution in [0.15, 0.2) is 42.5 Å². The van der Waals surface area contributed by atoms with E-state index in [-0.39, 0.29) is 18.1 Å². The molecule has 0 aliphatic carbocycles. The Morgan fingerprint density at radius 1 is 1.30 bits per heavy atom. The summed E-state index contributed by atoms with van der Waals surface area (Å²) in [6.07, 6.45) is -0.0790. The number of halogens is 2. The first-order valence-electron chi connectivity index (χ1n) is 9.16. The monoisotopic (exact) mass is 428 g/mol. The fraction of sp³-hybridized carbons (Fsp3) is 0.190. The number of anilines is 2. The maximum atomic E-state index is 13.3. The molecule has 0 saturated heterocycles. The summed E-state index contributed by atoms with van der Waals surface area (Å²) in [6.45, 7) is 1.79. The van der Waals surface area contributed by atoms with Crippen LogP contribution in [-0.2, 0) is 9.59 Å². The van der Waals surface area contributed by atoms with Crippen molar-refractivity contribution in [3.8, 4) is 17.0 Å². The smallest absolute Gasteiger partial charge is 0.249 e. The Morgan fingerprint density at radius 3 is 2.73 bits per heavy atom. The second-order valence-corrected chi connectivity index (χ2v) is 7.28. The number of methoxy groups -OCH3 is 1. The first-order chi connectivity index (χ1) is 14.4. The van der Waals surface area contributed by atoms with Crippen molar-refractivity contribution in [3.05, 3.63) is 58.9 Å². The second kappa shape index (κ2) is 7.79. The highest BCUT2D eigenvalue weighted by atomic mass is 35.5. The van der Waals surface area contributed by atoms with Crippen molar-refractivity contribution >= 4 is 34.9 Å². The number of hydrogen-bond acceptors (Lipinski definition) is 4. The summed E-state index contributed by atoms with van der Waals surface area (Å²) >= 11 is 6.18. The third-order valence-corrected chi connectivity index (χ3v) is 5.26. The lowest BCUT2D eigenvalue weighted by atomic mass is 10.1. The minimum Gasteiger partial charge on any atom is -0.497 e. The molecule has 2 N–H and O–H groups in total. The number of carbonyl (C=O) groups excluding carboxylic acids is 2. The van der Waals surface area contributed by atoms with E-state index in [4.69, 9.17) is 16.3 Å². The predicted octanol–water partition coefficient (Wildman–Crippen LogP) is 4.18. The van der Waals surface area contributed by atoms with E-state index in [0.717, 1.165) is 0 Å². The van der Waals surface area contributed by atoms with Gasteiger partial charge in [0, 0.05) is 17.2 Å². The van der Waals surface area contributed by atoms with Gasteiger partial charge in [0.1, 0.15) is 23.4 Å². The normalized spacial score (nSPS) is 15.3. The van der Waals surface area contributed by atoms with Gasteiger partial charge in [-0.3, -0.25) is 9.59 Å². The highest BCUT2D eigenvalue weighted by Gasteiger charge is 2.34. The minimum atomic E-state index is -0.871. The lowest BCUT2D eigenvalue weighted by molar-refractivity contribution is -0.125. The molecule has 2 aromatic carbocycles. The van der Waals surface area contributed by atoms with Gasteiger partial charge in [0.05, 0.1) is 29.9 Å². The summed E-state index contributed by atoms with van der Waals surface area (Å²) in [5.41, 5.74) is 2.30. The molecule has 1 aromatic heterocycles. The zero-order valence-electron chi connectivity index (χ0n) is 16.2. The highest BCUT2D eigenvalue weighted by molar-refractivity contribution is 6.33. The zero-order valence-corrected chi connectivity index (χ0v) is 17.0. The lowest BCUT2D eigenvalue weighted by Crippen LogP contribution is -2.36. The van der Waals surface area contributed by atoms with Gasteiger partial charge in [-0.1, -0.05) is 11.6 Å². The fourth-order valence-corrected chi connectivity index (χ4v) is 3.53. The SMILES string of the molecule is COc1ccc(Cl)c(NC(=O)[C@@H]2CC(=O)Nc3c(C)c(-c4ccc(F)cc4)nn32)c1. The summed E-state index contributed by atoms with van der Waals surface area (Å²) < 4.78 is 19.9. The van der Waals surface area contributed by atoms with Crippen molar-refractivity contribution in [1.82, 2.24) is 9.78 Å². The third kappa shape index (κ3) is 3.61. The molecule has 0 radical (unpaired) electrons. The van der Waals surface area contributed by atoms with Gasteiger partial charge in [-0.2, -0.15) is 5.10 Å². The van der Waals surface area contributed by atoms with E-state index >= 15 is 0 Å². The van der Waals surface area contributed by atoms with Gasteiger partial charge in [-0.15, -0.1) is 0 Å². The van der Waals surface area contributed by atoms with Crippen LogP contribution in [0.4, 0.5) is 15.9 Å². The maximum Gasteiger partial charge on any atom is 0.249 e. The number of benzene rings is 2. The molecule has 9 heteroatoms. The number of carbonyl (C=O) groups is 2. The van der Waals surface area contributed by atoms with E-state index < -0.39 is 11.9 Å². The van der Waals surface area contributed by atoms with Crippen molar-refractivity contribution in [2.45, 2.75) is 19.4 Å². The van der Waals surface area contributed by atoms with E-state index in [1.807, 2.05) is 0 Å². The molecule has 1 aliphatic rings. The number of aromatic nitrogens is 2. The Labute approximate surface area is 176 Å². The van der Waals surface area contributed by atoms with Gasteiger partial charge in [0.15, 0.2) is 0 Å². The molecular weight excluding hydrogens is 411 g/mol. The molecule has 7 nitrogen and oxygen atoms in total. The molecule has 0 saturated carbocycles. The van der Waals surface area contributed by atoms with E-state index in [2.05, 4.69) is 15.7 Å². The first-order valence-corrected chi connectivity index (χ1v) is 9.54. The Morgan fingerprint density at radius 2 is 2.03 bits per heavy atom. The van der Waals surface area contributed by atoms with Crippen molar-refractivity contribution < 1.29 is 18.7 Å². The van der Waals surface area contributed by atoms with Crippen LogP contribution in [-0.4, -0.2) is 28.7 Å². The van der Waals surface area contributed by atoms with Crippen LogP contribution in [0.3, 0.4) is 0 Å². The third-order valence-electron chi connectivity index (χ3n) is 4.93. The number of fused-ring (bicyclic) bond motifs is 1. The first kappa shape index (κ1) is 19.9. The molecule has 0 bridgehead atoms. The van der Waals surface area contributed by atoms with E-state index in [1.54, 1.807) is 37.3 Å². The molecule has 0 unspecified atom stereocenters. The molecule has 3 aromatic rings. The molecule has 0 fully saturated rings. The molecule has 0 spiro atoms. The lowest BCUT2D eigenvalue weighted by Gasteiger charge is -2.24.